The zero-order chi connectivity index (χ0) is 11.5. The summed E-state index contributed by atoms with van der Waals surface area (Å²) in [5.74, 6) is 1.88. The summed E-state index contributed by atoms with van der Waals surface area (Å²) in [6.45, 7) is 5.90. The molecule has 0 amide bonds. The molecule has 0 saturated carbocycles. The average molecular weight is 218 g/mol. The third-order valence-electron chi connectivity index (χ3n) is 1.99. The molecule has 0 aromatic carbocycles. The van der Waals surface area contributed by atoms with Crippen LogP contribution in [0, 0.1) is 6.92 Å². The van der Waals surface area contributed by atoms with Crippen molar-refractivity contribution in [3.63, 3.8) is 0 Å². The van der Waals surface area contributed by atoms with Crippen molar-refractivity contribution in [3.8, 4) is 11.5 Å². The van der Waals surface area contributed by atoms with Gasteiger partial charge < -0.3 is 9.84 Å². The van der Waals surface area contributed by atoms with Crippen molar-refractivity contribution in [1.82, 2.24) is 15.1 Å². The zero-order valence-corrected chi connectivity index (χ0v) is 9.56. The second kappa shape index (κ2) is 4.30. The summed E-state index contributed by atoms with van der Waals surface area (Å²) in [4.78, 5) is 8.46. The van der Waals surface area contributed by atoms with Crippen molar-refractivity contribution < 1.29 is 4.52 Å². The van der Waals surface area contributed by atoms with Crippen LogP contribution in [0.3, 0.4) is 0 Å². The molecule has 0 aliphatic rings. The van der Waals surface area contributed by atoms with Crippen molar-refractivity contribution >= 4 is 5.82 Å². The molecule has 1 N–H and O–H groups in total. The molecule has 2 heterocycles. The minimum Gasteiger partial charge on any atom is -0.367 e. The topological polar surface area (TPSA) is 63.8 Å². The van der Waals surface area contributed by atoms with Crippen molar-refractivity contribution in [2.75, 3.05) is 5.32 Å². The summed E-state index contributed by atoms with van der Waals surface area (Å²) in [6.07, 6.45) is 1.73. The SMILES string of the molecule is Cc1noc(-c2cccnc2NC(C)C)n1. The van der Waals surface area contributed by atoms with E-state index in [0.29, 0.717) is 17.8 Å². The van der Waals surface area contributed by atoms with Crippen LogP contribution in [0.5, 0.6) is 0 Å². The minimum absolute atomic E-state index is 0.303. The molecule has 5 nitrogen and oxygen atoms in total. The van der Waals surface area contributed by atoms with E-state index in [1.54, 1.807) is 13.1 Å². The van der Waals surface area contributed by atoms with Gasteiger partial charge >= 0.3 is 0 Å². The Hall–Kier alpha value is -1.91. The van der Waals surface area contributed by atoms with E-state index in [9.17, 15) is 0 Å². The van der Waals surface area contributed by atoms with Crippen LogP contribution in [-0.2, 0) is 0 Å². The first-order valence-electron chi connectivity index (χ1n) is 5.19. The standard InChI is InChI=1S/C11H14N4O/c1-7(2)13-10-9(5-4-6-12-10)11-14-8(3)15-16-11/h4-7H,1-3H3,(H,12,13). The van der Waals surface area contributed by atoms with Crippen LogP contribution in [0.4, 0.5) is 5.82 Å². The fraction of sp³-hybridized carbons (Fsp3) is 0.364. The first kappa shape index (κ1) is 10.6. The van der Waals surface area contributed by atoms with Gasteiger partial charge in [-0.1, -0.05) is 5.16 Å². The van der Waals surface area contributed by atoms with Gasteiger partial charge in [-0.15, -0.1) is 0 Å². The number of hydrogen-bond donors (Lipinski definition) is 1. The number of aryl methyl sites for hydroxylation is 1. The first-order valence-corrected chi connectivity index (χ1v) is 5.19. The Morgan fingerprint density at radius 1 is 1.38 bits per heavy atom. The molecule has 84 valence electrons. The molecule has 0 atom stereocenters. The van der Waals surface area contributed by atoms with Gasteiger partial charge in [-0.25, -0.2) is 4.98 Å². The average Bonchev–Trinajstić information content (AvgIpc) is 2.65. The van der Waals surface area contributed by atoms with Gasteiger partial charge in [0.25, 0.3) is 5.89 Å². The van der Waals surface area contributed by atoms with Gasteiger partial charge in [0.2, 0.25) is 0 Å². The van der Waals surface area contributed by atoms with E-state index in [0.717, 1.165) is 11.4 Å². The molecular formula is C11H14N4O. The van der Waals surface area contributed by atoms with Gasteiger partial charge in [0.15, 0.2) is 5.82 Å². The van der Waals surface area contributed by atoms with Gasteiger partial charge in [0.05, 0.1) is 5.56 Å². The smallest absolute Gasteiger partial charge is 0.261 e. The van der Waals surface area contributed by atoms with Gasteiger partial charge in [0, 0.05) is 12.2 Å². The Morgan fingerprint density at radius 2 is 2.19 bits per heavy atom. The Morgan fingerprint density at radius 3 is 2.81 bits per heavy atom. The maximum atomic E-state index is 5.13. The van der Waals surface area contributed by atoms with E-state index in [1.165, 1.54) is 0 Å². The van der Waals surface area contributed by atoms with Crippen molar-refractivity contribution in [3.05, 3.63) is 24.2 Å². The van der Waals surface area contributed by atoms with Gasteiger partial charge in [-0.05, 0) is 32.9 Å². The summed E-state index contributed by atoms with van der Waals surface area (Å²) in [7, 11) is 0. The molecule has 2 aromatic heterocycles. The third kappa shape index (κ3) is 2.18. The molecule has 0 bridgehead atoms. The largest absolute Gasteiger partial charge is 0.367 e. The maximum absolute atomic E-state index is 5.13. The highest BCUT2D eigenvalue weighted by Crippen LogP contribution is 2.24. The molecular weight excluding hydrogens is 204 g/mol. The highest BCUT2D eigenvalue weighted by molar-refractivity contribution is 5.68. The third-order valence-corrected chi connectivity index (χ3v) is 1.99. The lowest BCUT2D eigenvalue weighted by Crippen LogP contribution is -2.11. The lowest BCUT2D eigenvalue weighted by atomic mass is 10.2. The predicted molar refractivity (Wildman–Crippen MR) is 61.0 cm³/mol. The normalized spacial score (nSPS) is 10.8. The molecule has 2 aromatic rings. The van der Waals surface area contributed by atoms with E-state index in [-0.39, 0.29) is 0 Å². The van der Waals surface area contributed by atoms with Crippen LogP contribution in [0.1, 0.15) is 19.7 Å². The van der Waals surface area contributed by atoms with Crippen molar-refractivity contribution in [2.45, 2.75) is 26.8 Å². The second-order valence-corrected chi connectivity index (χ2v) is 3.85. The monoisotopic (exact) mass is 218 g/mol. The lowest BCUT2D eigenvalue weighted by Gasteiger charge is -2.10. The van der Waals surface area contributed by atoms with Crippen molar-refractivity contribution in [2.24, 2.45) is 0 Å². The molecule has 0 fully saturated rings. The van der Waals surface area contributed by atoms with Crippen LogP contribution < -0.4 is 5.32 Å². The predicted octanol–water partition coefficient (Wildman–Crippen LogP) is 2.26. The molecule has 16 heavy (non-hydrogen) atoms. The summed E-state index contributed by atoms with van der Waals surface area (Å²) in [5, 5.41) is 7.01. The van der Waals surface area contributed by atoms with Crippen LogP contribution in [-0.4, -0.2) is 21.2 Å². The zero-order valence-electron chi connectivity index (χ0n) is 9.56. The number of pyridine rings is 1. The molecule has 0 unspecified atom stereocenters. The Kier molecular flexibility index (Phi) is 2.85. The van der Waals surface area contributed by atoms with E-state index in [1.807, 2.05) is 12.1 Å². The van der Waals surface area contributed by atoms with Crippen molar-refractivity contribution in [1.29, 1.82) is 0 Å². The molecule has 0 aliphatic carbocycles. The number of rotatable bonds is 3. The molecule has 0 saturated heterocycles. The number of anilines is 1. The number of hydrogen-bond acceptors (Lipinski definition) is 5. The number of nitrogens with one attached hydrogen (secondary N) is 1. The summed E-state index contributed by atoms with van der Waals surface area (Å²) in [6, 6.07) is 4.06. The Balaban J connectivity index is 2.40. The highest BCUT2D eigenvalue weighted by atomic mass is 16.5. The second-order valence-electron chi connectivity index (χ2n) is 3.85. The highest BCUT2D eigenvalue weighted by Gasteiger charge is 2.12. The summed E-state index contributed by atoms with van der Waals surface area (Å²) >= 11 is 0. The Labute approximate surface area is 93.9 Å². The van der Waals surface area contributed by atoms with Crippen LogP contribution in [0.2, 0.25) is 0 Å². The molecule has 0 aliphatic heterocycles. The lowest BCUT2D eigenvalue weighted by molar-refractivity contribution is 0.425. The van der Waals surface area contributed by atoms with E-state index < -0.39 is 0 Å². The Bertz CT molecular complexity index is 478. The summed E-state index contributed by atoms with van der Waals surface area (Å²) in [5.41, 5.74) is 0.830. The van der Waals surface area contributed by atoms with Crippen LogP contribution in [0.15, 0.2) is 22.9 Å². The van der Waals surface area contributed by atoms with E-state index in [4.69, 9.17) is 4.52 Å². The van der Waals surface area contributed by atoms with Gasteiger partial charge in [0.1, 0.15) is 5.82 Å². The minimum atomic E-state index is 0.303. The first-order chi connectivity index (χ1) is 7.66. The number of aromatic nitrogens is 3. The summed E-state index contributed by atoms with van der Waals surface area (Å²) < 4.78 is 5.13. The van der Waals surface area contributed by atoms with Crippen LogP contribution >= 0.6 is 0 Å². The van der Waals surface area contributed by atoms with Gasteiger partial charge in [-0.2, -0.15) is 4.98 Å². The molecule has 5 heteroatoms. The molecule has 2 rings (SSSR count). The maximum Gasteiger partial charge on any atom is 0.261 e. The molecule has 0 spiro atoms. The van der Waals surface area contributed by atoms with Crippen LogP contribution in [0.25, 0.3) is 11.5 Å². The number of nitrogens with zero attached hydrogens (tertiary/aromatic N) is 3. The molecule has 0 radical (unpaired) electrons. The quantitative estimate of drug-likeness (QED) is 0.856. The van der Waals surface area contributed by atoms with Gasteiger partial charge in [-0.3, -0.25) is 0 Å². The fourth-order valence-corrected chi connectivity index (χ4v) is 1.37. The van der Waals surface area contributed by atoms with E-state index in [2.05, 4.69) is 34.3 Å². The fourth-order valence-electron chi connectivity index (χ4n) is 1.37. The van der Waals surface area contributed by atoms with E-state index >= 15 is 0 Å².